The van der Waals surface area contributed by atoms with Crippen molar-refractivity contribution >= 4 is 34.2 Å². The Labute approximate surface area is 114 Å². The summed E-state index contributed by atoms with van der Waals surface area (Å²) >= 11 is 1.98. The maximum atomic E-state index is 10.9. The molecule has 0 amide bonds. The fourth-order valence-corrected chi connectivity index (χ4v) is 1.68. The van der Waals surface area contributed by atoms with Gasteiger partial charge in [0, 0.05) is 12.3 Å². The predicted molar refractivity (Wildman–Crippen MR) is 67.7 cm³/mol. The van der Waals surface area contributed by atoms with E-state index in [-0.39, 0.29) is 17.2 Å². The molecule has 0 aliphatic rings. The summed E-state index contributed by atoms with van der Waals surface area (Å²) in [6.45, 7) is 0. The van der Waals surface area contributed by atoms with Crippen molar-refractivity contribution in [3.63, 3.8) is 0 Å². The third-order valence-electron chi connectivity index (χ3n) is 2.04. The molecule has 0 aliphatic heterocycles. The number of nitro groups is 1. The van der Waals surface area contributed by atoms with E-state index in [2.05, 4.69) is 10.1 Å². The quantitative estimate of drug-likeness (QED) is 0.504. The second-order valence-electron chi connectivity index (χ2n) is 3.20. The SMILES string of the molecule is O=C(O)c1ccc([N+](=O)[O-])c(-n2cc(I)cn2)n1. The highest BCUT2D eigenvalue weighted by atomic mass is 127. The van der Waals surface area contributed by atoms with Crippen molar-refractivity contribution in [2.45, 2.75) is 0 Å². The molecule has 2 rings (SSSR count). The lowest BCUT2D eigenvalue weighted by Gasteiger charge is -2.02. The van der Waals surface area contributed by atoms with Gasteiger partial charge in [-0.05, 0) is 28.7 Å². The van der Waals surface area contributed by atoms with Gasteiger partial charge in [-0.3, -0.25) is 10.1 Å². The van der Waals surface area contributed by atoms with E-state index in [4.69, 9.17) is 5.11 Å². The van der Waals surface area contributed by atoms with Crippen molar-refractivity contribution in [2.75, 3.05) is 0 Å². The Hall–Kier alpha value is -2.04. The van der Waals surface area contributed by atoms with Gasteiger partial charge in [0.15, 0.2) is 5.69 Å². The van der Waals surface area contributed by atoms with Gasteiger partial charge in [-0.25, -0.2) is 14.5 Å². The molecule has 8 nitrogen and oxygen atoms in total. The van der Waals surface area contributed by atoms with Gasteiger partial charge in [0.25, 0.3) is 0 Å². The molecule has 0 aliphatic carbocycles. The largest absolute Gasteiger partial charge is 0.477 e. The fourth-order valence-electron chi connectivity index (χ4n) is 1.29. The Balaban J connectivity index is 2.64. The van der Waals surface area contributed by atoms with Crippen LogP contribution in [0.25, 0.3) is 5.82 Å². The predicted octanol–water partition coefficient (Wildman–Crippen LogP) is 1.48. The third-order valence-corrected chi connectivity index (χ3v) is 2.60. The zero-order valence-electron chi connectivity index (χ0n) is 8.65. The summed E-state index contributed by atoms with van der Waals surface area (Å²) in [7, 11) is 0. The second-order valence-corrected chi connectivity index (χ2v) is 4.45. The number of nitrogens with zero attached hydrogens (tertiary/aromatic N) is 4. The van der Waals surface area contributed by atoms with Crippen LogP contribution in [0.3, 0.4) is 0 Å². The third kappa shape index (κ3) is 2.30. The number of hydrogen-bond donors (Lipinski definition) is 1. The number of rotatable bonds is 3. The first-order chi connectivity index (χ1) is 8.49. The molecule has 2 aromatic heterocycles. The van der Waals surface area contributed by atoms with Crippen molar-refractivity contribution in [3.05, 3.63) is 43.9 Å². The molecule has 0 unspecified atom stereocenters. The van der Waals surface area contributed by atoms with Crippen molar-refractivity contribution in [1.29, 1.82) is 0 Å². The van der Waals surface area contributed by atoms with Crippen LogP contribution in [0.1, 0.15) is 10.5 Å². The molecular weight excluding hydrogens is 355 g/mol. The molecule has 0 saturated carbocycles. The summed E-state index contributed by atoms with van der Waals surface area (Å²) in [6, 6.07) is 2.18. The highest BCUT2D eigenvalue weighted by Gasteiger charge is 2.20. The molecular formula is C9H5IN4O4. The summed E-state index contributed by atoms with van der Waals surface area (Å²) in [5.74, 6) is -1.38. The summed E-state index contributed by atoms with van der Waals surface area (Å²) < 4.78 is 1.93. The lowest BCUT2D eigenvalue weighted by Crippen LogP contribution is -2.08. The minimum atomic E-state index is -1.26. The van der Waals surface area contributed by atoms with Crippen LogP contribution in [-0.4, -0.2) is 30.8 Å². The molecule has 2 aromatic rings. The highest BCUT2D eigenvalue weighted by Crippen LogP contribution is 2.21. The number of carboxylic acids is 1. The molecule has 18 heavy (non-hydrogen) atoms. The lowest BCUT2D eigenvalue weighted by atomic mass is 10.3. The zero-order valence-corrected chi connectivity index (χ0v) is 10.8. The summed E-state index contributed by atoms with van der Waals surface area (Å²) in [4.78, 5) is 24.8. The first kappa shape index (κ1) is 12.4. The van der Waals surface area contributed by atoms with Gasteiger partial charge in [0.05, 0.1) is 14.7 Å². The zero-order chi connectivity index (χ0) is 13.3. The van der Waals surface area contributed by atoms with Crippen LogP contribution in [0.5, 0.6) is 0 Å². The molecule has 0 spiro atoms. The number of carboxylic acid groups (broad SMARTS) is 1. The van der Waals surface area contributed by atoms with Crippen LogP contribution in [-0.2, 0) is 0 Å². The number of aromatic nitrogens is 3. The smallest absolute Gasteiger partial charge is 0.354 e. The van der Waals surface area contributed by atoms with Gasteiger partial charge in [-0.1, -0.05) is 0 Å². The normalized spacial score (nSPS) is 10.3. The number of aromatic carboxylic acids is 1. The van der Waals surface area contributed by atoms with Crippen molar-refractivity contribution in [2.24, 2.45) is 0 Å². The average Bonchev–Trinajstić information content (AvgIpc) is 2.74. The molecule has 9 heteroatoms. The van der Waals surface area contributed by atoms with Crippen LogP contribution < -0.4 is 0 Å². The topological polar surface area (TPSA) is 111 Å². The van der Waals surface area contributed by atoms with Gasteiger partial charge in [0.2, 0.25) is 5.82 Å². The summed E-state index contributed by atoms with van der Waals surface area (Å²) in [5, 5.41) is 23.6. The Bertz CT molecular complexity index is 639. The maximum Gasteiger partial charge on any atom is 0.354 e. The number of hydrogen-bond acceptors (Lipinski definition) is 5. The molecule has 2 heterocycles. The van der Waals surface area contributed by atoms with Crippen molar-refractivity contribution in [3.8, 4) is 5.82 Å². The number of halogens is 1. The maximum absolute atomic E-state index is 10.9. The van der Waals surface area contributed by atoms with Crippen LogP contribution in [0.15, 0.2) is 24.5 Å². The van der Waals surface area contributed by atoms with E-state index in [9.17, 15) is 14.9 Å². The van der Waals surface area contributed by atoms with Gasteiger partial charge in [-0.15, -0.1) is 0 Å². The first-order valence-corrected chi connectivity index (χ1v) is 5.66. The van der Waals surface area contributed by atoms with Crippen LogP contribution in [0.2, 0.25) is 0 Å². The Morgan fingerprint density at radius 1 is 1.50 bits per heavy atom. The summed E-state index contributed by atoms with van der Waals surface area (Å²) in [5.41, 5.74) is -0.583. The fraction of sp³-hybridized carbons (Fsp3) is 0. The van der Waals surface area contributed by atoms with E-state index < -0.39 is 10.9 Å². The molecule has 0 bridgehead atoms. The minimum Gasteiger partial charge on any atom is -0.477 e. The second kappa shape index (κ2) is 4.68. The molecule has 0 saturated heterocycles. The van der Waals surface area contributed by atoms with Crippen molar-refractivity contribution < 1.29 is 14.8 Å². The van der Waals surface area contributed by atoms with E-state index in [0.717, 1.165) is 15.7 Å². The average molecular weight is 360 g/mol. The Morgan fingerprint density at radius 3 is 2.72 bits per heavy atom. The standard InChI is InChI=1S/C9H5IN4O4/c10-5-3-11-13(4-5)8-7(14(17)18)2-1-6(12-8)9(15)16/h1-4H,(H,15,16). The van der Waals surface area contributed by atoms with E-state index in [1.807, 2.05) is 22.6 Å². The molecule has 0 fully saturated rings. The first-order valence-electron chi connectivity index (χ1n) is 4.58. The molecule has 1 N–H and O–H groups in total. The van der Waals surface area contributed by atoms with Crippen LogP contribution in [0.4, 0.5) is 5.69 Å². The molecule has 0 aromatic carbocycles. The Morgan fingerprint density at radius 2 is 2.22 bits per heavy atom. The van der Waals surface area contributed by atoms with E-state index in [1.165, 1.54) is 17.1 Å². The minimum absolute atomic E-state index is 0.122. The van der Waals surface area contributed by atoms with Gasteiger partial charge < -0.3 is 5.11 Å². The molecule has 0 atom stereocenters. The molecule has 92 valence electrons. The van der Waals surface area contributed by atoms with Gasteiger partial charge >= 0.3 is 11.7 Å². The Kier molecular flexibility index (Phi) is 3.23. The van der Waals surface area contributed by atoms with E-state index >= 15 is 0 Å². The van der Waals surface area contributed by atoms with E-state index in [1.54, 1.807) is 0 Å². The highest BCUT2D eigenvalue weighted by molar-refractivity contribution is 14.1. The number of pyridine rings is 1. The molecule has 0 radical (unpaired) electrons. The van der Waals surface area contributed by atoms with Crippen molar-refractivity contribution in [1.82, 2.24) is 14.8 Å². The van der Waals surface area contributed by atoms with Crippen LogP contribution >= 0.6 is 22.6 Å². The summed E-state index contributed by atoms with van der Waals surface area (Å²) in [6.07, 6.45) is 3.00. The number of carbonyl (C=O) groups is 1. The van der Waals surface area contributed by atoms with Gasteiger partial charge in [-0.2, -0.15) is 5.10 Å². The van der Waals surface area contributed by atoms with Crippen LogP contribution in [0, 0.1) is 13.7 Å². The van der Waals surface area contributed by atoms with E-state index in [0.29, 0.717) is 0 Å². The lowest BCUT2D eigenvalue weighted by molar-refractivity contribution is -0.384. The van der Waals surface area contributed by atoms with Gasteiger partial charge in [0.1, 0.15) is 0 Å². The monoisotopic (exact) mass is 360 g/mol.